The van der Waals surface area contributed by atoms with Crippen LogP contribution in [-0.2, 0) is 24.4 Å². The van der Waals surface area contributed by atoms with Crippen molar-refractivity contribution < 1.29 is 4.74 Å². The molecule has 0 saturated carbocycles. The Morgan fingerprint density at radius 2 is 1.89 bits per heavy atom. The lowest BCUT2D eigenvalue weighted by molar-refractivity contribution is 0.185. The largest absolute Gasteiger partial charge is 0.380 e. The summed E-state index contributed by atoms with van der Waals surface area (Å²) in [5.41, 5.74) is 9.19. The highest BCUT2D eigenvalue weighted by Gasteiger charge is 2.05. The number of methoxy groups -OCH3 is 1. The van der Waals surface area contributed by atoms with Gasteiger partial charge in [0.25, 0.3) is 0 Å². The van der Waals surface area contributed by atoms with Crippen LogP contribution in [0.4, 0.5) is 5.69 Å². The van der Waals surface area contributed by atoms with Crippen LogP contribution in [0.1, 0.15) is 17.0 Å². The minimum Gasteiger partial charge on any atom is -0.380 e. The van der Waals surface area contributed by atoms with Gasteiger partial charge in [-0.25, -0.2) is 9.98 Å². The fraction of sp³-hybridized carbons (Fsp3) is 0.200. The molecule has 0 aliphatic rings. The fourth-order valence-corrected chi connectivity index (χ4v) is 2.67. The number of hydrogen-bond acceptors (Lipinski definition) is 3. The molecule has 0 aliphatic heterocycles. The van der Waals surface area contributed by atoms with Crippen LogP contribution in [0.25, 0.3) is 0 Å². The van der Waals surface area contributed by atoms with Gasteiger partial charge in [-0.15, -0.1) is 24.0 Å². The number of guanidine groups is 1. The second-order valence-electron chi connectivity index (χ2n) is 5.87. The summed E-state index contributed by atoms with van der Waals surface area (Å²) in [6.45, 7) is 1.68. The Hall–Kier alpha value is -2.39. The third-order valence-corrected chi connectivity index (χ3v) is 3.97. The second-order valence-corrected chi connectivity index (χ2v) is 5.87. The van der Waals surface area contributed by atoms with E-state index in [9.17, 15) is 0 Å². The number of hydrogen-bond donors (Lipinski definition) is 2. The van der Waals surface area contributed by atoms with Crippen molar-refractivity contribution in [2.75, 3.05) is 12.4 Å². The quantitative estimate of drug-likeness (QED) is 0.310. The van der Waals surface area contributed by atoms with E-state index < -0.39 is 0 Å². The van der Waals surface area contributed by atoms with Crippen molar-refractivity contribution in [1.29, 1.82) is 0 Å². The lowest BCUT2D eigenvalue weighted by Gasteiger charge is -2.11. The van der Waals surface area contributed by atoms with Crippen LogP contribution in [0, 0.1) is 0 Å². The lowest BCUT2D eigenvalue weighted by Crippen LogP contribution is -2.23. The van der Waals surface area contributed by atoms with Gasteiger partial charge in [-0.3, -0.25) is 0 Å². The summed E-state index contributed by atoms with van der Waals surface area (Å²) in [5, 5.41) is 3.14. The Bertz CT molecular complexity index is 864. The predicted molar refractivity (Wildman–Crippen MR) is 119 cm³/mol. The van der Waals surface area contributed by atoms with Gasteiger partial charge < -0.3 is 20.4 Å². The maximum atomic E-state index is 6.05. The molecule has 0 atom stereocenters. The van der Waals surface area contributed by atoms with E-state index in [1.807, 2.05) is 48.7 Å². The molecule has 0 unspecified atom stereocenters. The number of nitrogens with two attached hydrogens (primary N) is 1. The van der Waals surface area contributed by atoms with E-state index in [1.54, 1.807) is 13.3 Å². The van der Waals surface area contributed by atoms with E-state index in [4.69, 9.17) is 10.5 Å². The van der Waals surface area contributed by atoms with E-state index in [0.29, 0.717) is 19.1 Å². The average Bonchev–Trinajstić information content (AvgIpc) is 3.10. The number of halogens is 1. The molecule has 3 rings (SSSR count). The fourth-order valence-electron chi connectivity index (χ4n) is 2.67. The van der Waals surface area contributed by atoms with Crippen molar-refractivity contribution >= 4 is 35.6 Å². The van der Waals surface area contributed by atoms with Gasteiger partial charge in [-0.1, -0.05) is 48.5 Å². The van der Waals surface area contributed by atoms with Crippen molar-refractivity contribution in [3.63, 3.8) is 0 Å². The van der Waals surface area contributed by atoms with Gasteiger partial charge in [0.2, 0.25) is 0 Å². The SMILES string of the molecule is COCc1ccccc1NC(N)=NCc1nccn1Cc1ccccc1.I. The van der Waals surface area contributed by atoms with Gasteiger partial charge in [-0.2, -0.15) is 0 Å². The zero-order chi connectivity index (χ0) is 18.2. The Kier molecular flexibility index (Phi) is 8.28. The van der Waals surface area contributed by atoms with E-state index >= 15 is 0 Å². The standard InChI is InChI=1S/C20H23N5O.HI/c1-26-15-17-9-5-6-10-18(17)24-20(21)23-13-19-22-11-12-25(19)14-16-7-3-2-4-8-16;/h2-12H,13-15H2,1H3,(H3,21,23,24);1H. The van der Waals surface area contributed by atoms with Crippen LogP contribution in [-0.4, -0.2) is 22.6 Å². The molecule has 0 bridgehead atoms. The molecule has 1 heterocycles. The number of anilines is 1. The number of aliphatic imine (C=N–C) groups is 1. The lowest BCUT2D eigenvalue weighted by atomic mass is 10.2. The van der Waals surface area contributed by atoms with Gasteiger partial charge in [0, 0.05) is 37.3 Å². The molecule has 0 radical (unpaired) electrons. The maximum Gasteiger partial charge on any atom is 0.193 e. The number of imidazole rings is 1. The van der Waals surface area contributed by atoms with E-state index in [2.05, 4.69) is 32.0 Å². The molecule has 27 heavy (non-hydrogen) atoms. The second kappa shape index (κ2) is 10.7. The highest BCUT2D eigenvalue weighted by molar-refractivity contribution is 14.0. The number of rotatable bonds is 7. The summed E-state index contributed by atoms with van der Waals surface area (Å²) in [7, 11) is 1.67. The minimum absolute atomic E-state index is 0. The summed E-state index contributed by atoms with van der Waals surface area (Å²) >= 11 is 0. The van der Waals surface area contributed by atoms with Crippen molar-refractivity contribution in [3.05, 3.63) is 83.9 Å². The molecule has 0 amide bonds. The van der Waals surface area contributed by atoms with Crippen LogP contribution >= 0.6 is 24.0 Å². The van der Waals surface area contributed by atoms with Gasteiger partial charge in [-0.05, 0) is 11.6 Å². The Labute approximate surface area is 176 Å². The number of para-hydroxylation sites is 1. The van der Waals surface area contributed by atoms with Crippen LogP contribution in [0.3, 0.4) is 0 Å². The molecule has 3 aromatic rings. The first-order chi connectivity index (χ1) is 12.8. The third kappa shape index (κ3) is 6.07. The van der Waals surface area contributed by atoms with E-state index in [-0.39, 0.29) is 24.0 Å². The summed E-state index contributed by atoms with van der Waals surface area (Å²) in [6, 6.07) is 18.1. The van der Waals surface area contributed by atoms with E-state index in [0.717, 1.165) is 23.6 Å². The highest BCUT2D eigenvalue weighted by atomic mass is 127. The van der Waals surface area contributed by atoms with Crippen LogP contribution in [0.15, 0.2) is 72.0 Å². The first kappa shape index (κ1) is 20.9. The normalized spacial score (nSPS) is 11.1. The molecule has 3 N–H and O–H groups in total. The van der Waals surface area contributed by atoms with Crippen LogP contribution in [0.2, 0.25) is 0 Å². The van der Waals surface area contributed by atoms with E-state index in [1.165, 1.54) is 5.56 Å². The summed E-state index contributed by atoms with van der Waals surface area (Å²) in [4.78, 5) is 8.82. The van der Waals surface area contributed by atoms with Crippen LogP contribution < -0.4 is 11.1 Å². The predicted octanol–water partition coefficient (Wildman–Crippen LogP) is 3.62. The molecular formula is C20H24IN5O. The van der Waals surface area contributed by atoms with Crippen molar-refractivity contribution in [2.24, 2.45) is 10.7 Å². The van der Waals surface area contributed by atoms with Gasteiger partial charge in [0.05, 0.1) is 6.61 Å². The first-order valence-electron chi connectivity index (χ1n) is 8.44. The molecule has 2 aromatic carbocycles. The minimum atomic E-state index is 0. The van der Waals surface area contributed by atoms with Gasteiger partial charge in [0.1, 0.15) is 12.4 Å². The maximum absolute atomic E-state index is 6.05. The smallest absolute Gasteiger partial charge is 0.193 e. The Morgan fingerprint density at radius 1 is 1.15 bits per heavy atom. The van der Waals surface area contributed by atoms with Crippen molar-refractivity contribution in [3.8, 4) is 0 Å². The topological polar surface area (TPSA) is 77.5 Å². The molecular weight excluding hydrogens is 453 g/mol. The highest BCUT2D eigenvalue weighted by Crippen LogP contribution is 2.15. The Morgan fingerprint density at radius 3 is 2.67 bits per heavy atom. The number of aromatic nitrogens is 2. The summed E-state index contributed by atoms with van der Waals surface area (Å²) in [6.07, 6.45) is 3.74. The van der Waals surface area contributed by atoms with Crippen molar-refractivity contribution in [1.82, 2.24) is 9.55 Å². The van der Waals surface area contributed by atoms with Gasteiger partial charge >= 0.3 is 0 Å². The molecule has 0 spiro atoms. The molecule has 0 aliphatic carbocycles. The first-order valence-corrected chi connectivity index (χ1v) is 8.44. The monoisotopic (exact) mass is 477 g/mol. The molecule has 1 aromatic heterocycles. The van der Waals surface area contributed by atoms with Crippen molar-refractivity contribution in [2.45, 2.75) is 19.7 Å². The van der Waals surface area contributed by atoms with Crippen LogP contribution in [0.5, 0.6) is 0 Å². The van der Waals surface area contributed by atoms with Gasteiger partial charge in [0.15, 0.2) is 5.96 Å². The zero-order valence-corrected chi connectivity index (χ0v) is 17.5. The molecule has 142 valence electrons. The average molecular weight is 477 g/mol. The molecule has 6 nitrogen and oxygen atoms in total. The molecule has 0 fully saturated rings. The number of benzene rings is 2. The number of ether oxygens (including phenoxy) is 1. The molecule has 0 saturated heterocycles. The number of nitrogens with zero attached hydrogens (tertiary/aromatic N) is 3. The summed E-state index contributed by atoms with van der Waals surface area (Å²) in [5.74, 6) is 1.21. The summed E-state index contributed by atoms with van der Waals surface area (Å²) < 4.78 is 7.28. The molecule has 7 heteroatoms. The third-order valence-electron chi connectivity index (χ3n) is 3.97. The number of nitrogens with one attached hydrogen (secondary N) is 1. The Balaban J connectivity index is 0.00000261. The zero-order valence-electron chi connectivity index (χ0n) is 15.2.